The van der Waals surface area contributed by atoms with Crippen molar-refractivity contribution in [2.75, 3.05) is 13.1 Å². The van der Waals surface area contributed by atoms with Gasteiger partial charge < -0.3 is 4.90 Å². The van der Waals surface area contributed by atoms with Crippen molar-refractivity contribution in [1.29, 1.82) is 0 Å². The van der Waals surface area contributed by atoms with Gasteiger partial charge in [-0.05, 0) is 25.0 Å². The van der Waals surface area contributed by atoms with Gasteiger partial charge in [-0.25, -0.2) is 4.68 Å². The molecule has 1 saturated heterocycles. The normalized spacial score (nSPS) is 18.9. The number of rotatable bonds is 3. The van der Waals surface area contributed by atoms with Gasteiger partial charge >= 0.3 is 0 Å². The molecule has 6 heteroatoms. The highest BCUT2D eigenvalue weighted by molar-refractivity contribution is 5.94. The van der Waals surface area contributed by atoms with Crippen LogP contribution in [0.2, 0.25) is 0 Å². The van der Waals surface area contributed by atoms with E-state index in [2.05, 4.69) is 15.3 Å². The van der Waals surface area contributed by atoms with Crippen LogP contribution in [0.3, 0.4) is 0 Å². The van der Waals surface area contributed by atoms with Crippen LogP contribution in [0.4, 0.5) is 0 Å². The molecule has 102 valence electrons. The summed E-state index contributed by atoms with van der Waals surface area (Å²) >= 11 is 0. The Labute approximate surface area is 116 Å². The lowest BCUT2D eigenvalue weighted by Crippen LogP contribution is -2.50. The highest BCUT2D eigenvalue weighted by atomic mass is 16.2. The van der Waals surface area contributed by atoms with Crippen molar-refractivity contribution in [2.24, 2.45) is 0 Å². The predicted molar refractivity (Wildman–Crippen MR) is 71.2 cm³/mol. The smallest absolute Gasteiger partial charge is 0.254 e. The zero-order valence-corrected chi connectivity index (χ0v) is 11.0. The number of carbonyl (C=O) groups excluding carboxylic acids is 1. The Hall–Kier alpha value is -2.24. The standard InChI is InChI=1S/C14H15N5O/c20-14(11-3-5-15-6-4-11)18-7-12(8-18)19-9-13(16-17-19)10-1-2-10/h3-6,9-10,12H,1-2,7-8H2. The molecular formula is C14H15N5O. The molecule has 0 spiro atoms. The molecule has 1 saturated carbocycles. The van der Waals surface area contributed by atoms with E-state index in [0.29, 0.717) is 24.6 Å². The Morgan fingerprint density at radius 1 is 1.20 bits per heavy atom. The van der Waals surface area contributed by atoms with E-state index in [9.17, 15) is 4.79 Å². The first-order valence-corrected chi connectivity index (χ1v) is 6.92. The lowest BCUT2D eigenvalue weighted by Gasteiger charge is -2.38. The van der Waals surface area contributed by atoms with E-state index >= 15 is 0 Å². The van der Waals surface area contributed by atoms with Crippen LogP contribution in [0.15, 0.2) is 30.7 Å². The number of likely N-dealkylation sites (tertiary alicyclic amines) is 1. The number of aromatic nitrogens is 4. The van der Waals surface area contributed by atoms with Crippen molar-refractivity contribution in [3.8, 4) is 0 Å². The lowest BCUT2D eigenvalue weighted by molar-refractivity contribution is 0.0498. The summed E-state index contributed by atoms with van der Waals surface area (Å²) in [5.74, 6) is 0.685. The molecule has 1 amide bonds. The second-order valence-electron chi connectivity index (χ2n) is 5.50. The molecule has 0 N–H and O–H groups in total. The molecule has 2 aliphatic rings. The van der Waals surface area contributed by atoms with E-state index in [0.717, 1.165) is 5.69 Å². The van der Waals surface area contributed by atoms with Gasteiger partial charge in [0.2, 0.25) is 0 Å². The lowest BCUT2D eigenvalue weighted by atomic mass is 10.1. The maximum absolute atomic E-state index is 12.2. The van der Waals surface area contributed by atoms with Gasteiger partial charge in [-0.3, -0.25) is 9.78 Å². The minimum absolute atomic E-state index is 0.0613. The van der Waals surface area contributed by atoms with Crippen LogP contribution in [0, 0.1) is 0 Å². The Balaban J connectivity index is 1.40. The predicted octanol–water partition coefficient (Wildman–Crippen LogP) is 1.25. The van der Waals surface area contributed by atoms with E-state index in [-0.39, 0.29) is 11.9 Å². The number of hydrogen-bond acceptors (Lipinski definition) is 4. The fourth-order valence-corrected chi connectivity index (χ4v) is 2.50. The van der Waals surface area contributed by atoms with Crippen LogP contribution in [-0.2, 0) is 0 Å². The Morgan fingerprint density at radius 2 is 1.95 bits per heavy atom. The average Bonchev–Trinajstić information content (AvgIpc) is 3.18. The first-order chi connectivity index (χ1) is 9.81. The molecule has 4 rings (SSSR count). The van der Waals surface area contributed by atoms with E-state index < -0.39 is 0 Å². The number of carbonyl (C=O) groups is 1. The van der Waals surface area contributed by atoms with Crippen LogP contribution in [-0.4, -0.2) is 43.9 Å². The summed E-state index contributed by atoms with van der Waals surface area (Å²) < 4.78 is 1.91. The van der Waals surface area contributed by atoms with Gasteiger partial charge in [0.25, 0.3) is 5.91 Å². The summed E-state index contributed by atoms with van der Waals surface area (Å²) in [4.78, 5) is 17.9. The van der Waals surface area contributed by atoms with Gasteiger partial charge in [0.05, 0.1) is 11.7 Å². The van der Waals surface area contributed by atoms with Crippen molar-refractivity contribution in [1.82, 2.24) is 24.9 Å². The van der Waals surface area contributed by atoms with Crippen molar-refractivity contribution >= 4 is 5.91 Å². The molecule has 20 heavy (non-hydrogen) atoms. The summed E-state index contributed by atoms with van der Waals surface area (Å²) in [6, 6.07) is 3.76. The molecule has 6 nitrogen and oxygen atoms in total. The van der Waals surface area contributed by atoms with Crippen LogP contribution in [0.5, 0.6) is 0 Å². The molecule has 1 aliphatic heterocycles. The highest BCUT2D eigenvalue weighted by Crippen LogP contribution is 2.39. The van der Waals surface area contributed by atoms with Gasteiger partial charge in [-0.2, -0.15) is 0 Å². The second kappa shape index (κ2) is 4.40. The third kappa shape index (κ3) is 1.97. The summed E-state index contributed by atoms with van der Waals surface area (Å²) in [6.07, 6.45) is 7.79. The summed E-state index contributed by atoms with van der Waals surface area (Å²) in [5, 5.41) is 8.40. The number of nitrogens with zero attached hydrogens (tertiary/aromatic N) is 5. The largest absolute Gasteiger partial charge is 0.334 e. The molecule has 1 aliphatic carbocycles. The topological polar surface area (TPSA) is 63.9 Å². The van der Waals surface area contributed by atoms with Crippen molar-refractivity contribution in [2.45, 2.75) is 24.8 Å². The zero-order valence-electron chi connectivity index (χ0n) is 11.0. The maximum Gasteiger partial charge on any atom is 0.254 e. The molecule has 0 bridgehead atoms. The summed E-state index contributed by atoms with van der Waals surface area (Å²) in [7, 11) is 0. The van der Waals surface area contributed by atoms with E-state index in [1.807, 2.05) is 15.8 Å². The molecule has 2 fully saturated rings. The Morgan fingerprint density at radius 3 is 2.65 bits per heavy atom. The van der Waals surface area contributed by atoms with Gasteiger partial charge in [-0.15, -0.1) is 5.10 Å². The highest BCUT2D eigenvalue weighted by Gasteiger charge is 2.34. The van der Waals surface area contributed by atoms with Gasteiger partial charge in [0, 0.05) is 43.2 Å². The first-order valence-electron chi connectivity index (χ1n) is 6.92. The van der Waals surface area contributed by atoms with Crippen LogP contribution in [0.1, 0.15) is 40.9 Å². The molecule has 0 radical (unpaired) electrons. The fraction of sp³-hybridized carbons (Fsp3) is 0.429. The van der Waals surface area contributed by atoms with E-state index in [4.69, 9.17) is 0 Å². The summed E-state index contributed by atoms with van der Waals surface area (Å²) in [6.45, 7) is 1.41. The molecule has 0 unspecified atom stereocenters. The minimum Gasteiger partial charge on any atom is -0.334 e. The molecule has 0 atom stereocenters. The average molecular weight is 269 g/mol. The minimum atomic E-state index is 0.0613. The van der Waals surface area contributed by atoms with E-state index in [1.54, 1.807) is 24.5 Å². The van der Waals surface area contributed by atoms with Crippen molar-refractivity contribution in [3.05, 3.63) is 42.0 Å². The summed E-state index contributed by atoms with van der Waals surface area (Å²) in [5.41, 5.74) is 1.79. The van der Waals surface area contributed by atoms with Gasteiger partial charge in [-0.1, -0.05) is 5.21 Å². The number of hydrogen-bond donors (Lipinski definition) is 0. The molecule has 3 heterocycles. The third-order valence-corrected chi connectivity index (χ3v) is 3.97. The van der Waals surface area contributed by atoms with Crippen molar-refractivity contribution in [3.63, 3.8) is 0 Å². The van der Waals surface area contributed by atoms with Gasteiger partial charge in [0.1, 0.15) is 0 Å². The Bertz CT molecular complexity index is 628. The number of amides is 1. The molecule has 2 aromatic rings. The van der Waals surface area contributed by atoms with Crippen LogP contribution >= 0.6 is 0 Å². The monoisotopic (exact) mass is 269 g/mol. The van der Waals surface area contributed by atoms with E-state index in [1.165, 1.54) is 12.8 Å². The fourth-order valence-electron chi connectivity index (χ4n) is 2.50. The third-order valence-electron chi connectivity index (χ3n) is 3.97. The quantitative estimate of drug-likeness (QED) is 0.841. The second-order valence-corrected chi connectivity index (χ2v) is 5.50. The van der Waals surface area contributed by atoms with Crippen LogP contribution < -0.4 is 0 Å². The van der Waals surface area contributed by atoms with Crippen LogP contribution in [0.25, 0.3) is 0 Å². The first kappa shape index (κ1) is 11.6. The van der Waals surface area contributed by atoms with Gasteiger partial charge in [0.15, 0.2) is 0 Å². The SMILES string of the molecule is O=C(c1ccncc1)N1CC(n2cc(C3CC3)nn2)C1. The zero-order chi connectivity index (χ0) is 13.5. The molecule has 0 aromatic carbocycles. The molecular weight excluding hydrogens is 254 g/mol. The van der Waals surface area contributed by atoms with Crippen molar-refractivity contribution < 1.29 is 4.79 Å². The maximum atomic E-state index is 12.2. The Kier molecular flexibility index (Phi) is 2.55. The number of pyridine rings is 1. The molecule has 2 aromatic heterocycles.